The summed E-state index contributed by atoms with van der Waals surface area (Å²) in [5.74, 6) is -3.39. The maximum atomic E-state index is 13.6. The Hall–Kier alpha value is -2.17. The van der Waals surface area contributed by atoms with Crippen molar-refractivity contribution in [1.82, 2.24) is 0 Å². The van der Waals surface area contributed by atoms with Gasteiger partial charge in [0.05, 0.1) is 0 Å². The van der Waals surface area contributed by atoms with Crippen LogP contribution in [0.2, 0.25) is 0 Å². The normalized spacial score (nSPS) is 10.5. The van der Waals surface area contributed by atoms with Gasteiger partial charge in [0.25, 0.3) is 0 Å². The first-order valence-corrected chi connectivity index (χ1v) is 5.56. The number of hydrogen-bond acceptors (Lipinski definition) is 2. The SMILES string of the molecule is CC(C)=CCOc1c(F)cc(C=CC(=O)O)cc1F. The van der Waals surface area contributed by atoms with Gasteiger partial charge in [0.1, 0.15) is 6.61 Å². The third-order valence-corrected chi connectivity index (χ3v) is 2.16. The van der Waals surface area contributed by atoms with Crippen LogP contribution in [0.3, 0.4) is 0 Å². The van der Waals surface area contributed by atoms with E-state index in [1.807, 2.05) is 13.8 Å². The largest absolute Gasteiger partial charge is 0.483 e. The molecule has 5 heteroatoms. The predicted octanol–water partition coefficient (Wildman–Crippen LogP) is 3.41. The van der Waals surface area contributed by atoms with Gasteiger partial charge in [-0.2, -0.15) is 0 Å². The summed E-state index contributed by atoms with van der Waals surface area (Å²) in [4.78, 5) is 10.3. The lowest BCUT2D eigenvalue weighted by Gasteiger charge is -2.07. The van der Waals surface area contributed by atoms with Crippen molar-refractivity contribution in [3.05, 3.63) is 47.1 Å². The van der Waals surface area contributed by atoms with Crippen molar-refractivity contribution in [2.24, 2.45) is 0 Å². The lowest BCUT2D eigenvalue weighted by molar-refractivity contribution is -0.131. The number of carboxylic acids is 1. The Morgan fingerprint density at radius 3 is 2.37 bits per heavy atom. The van der Waals surface area contributed by atoms with E-state index in [4.69, 9.17) is 9.84 Å². The van der Waals surface area contributed by atoms with E-state index >= 15 is 0 Å². The van der Waals surface area contributed by atoms with E-state index in [9.17, 15) is 13.6 Å². The second-order valence-electron chi connectivity index (χ2n) is 4.08. The molecule has 0 heterocycles. The highest BCUT2D eigenvalue weighted by Gasteiger charge is 2.11. The number of benzene rings is 1. The zero-order valence-corrected chi connectivity index (χ0v) is 10.6. The summed E-state index contributed by atoms with van der Waals surface area (Å²) >= 11 is 0. The summed E-state index contributed by atoms with van der Waals surface area (Å²) < 4.78 is 32.2. The molecular formula is C14H14F2O3. The molecule has 3 nitrogen and oxygen atoms in total. The lowest BCUT2D eigenvalue weighted by Crippen LogP contribution is -2.00. The van der Waals surface area contributed by atoms with Crippen LogP contribution < -0.4 is 4.74 Å². The summed E-state index contributed by atoms with van der Waals surface area (Å²) in [6.07, 6.45) is 3.60. The van der Waals surface area contributed by atoms with Crippen LogP contribution in [0.25, 0.3) is 6.08 Å². The van der Waals surface area contributed by atoms with E-state index in [0.717, 1.165) is 29.9 Å². The average Bonchev–Trinajstić information content (AvgIpc) is 2.29. The number of aliphatic carboxylic acids is 1. The van der Waals surface area contributed by atoms with Crippen molar-refractivity contribution in [2.45, 2.75) is 13.8 Å². The molecule has 19 heavy (non-hydrogen) atoms. The number of hydrogen-bond donors (Lipinski definition) is 1. The summed E-state index contributed by atoms with van der Waals surface area (Å²) in [7, 11) is 0. The van der Waals surface area contributed by atoms with Gasteiger partial charge in [-0.15, -0.1) is 0 Å². The van der Waals surface area contributed by atoms with Crippen LogP contribution in [-0.2, 0) is 4.79 Å². The van der Waals surface area contributed by atoms with Crippen molar-refractivity contribution >= 4 is 12.0 Å². The minimum atomic E-state index is -1.19. The molecule has 0 aliphatic rings. The van der Waals surface area contributed by atoms with Gasteiger partial charge in [0.2, 0.25) is 0 Å². The lowest BCUT2D eigenvalue weighted by atomic mass is 10.2. The molecule has 1 aromatic rings. The predicted molar refractivity (Wildman–Crippen MR) is 68.0 cm³/mol. The van der Waals surface area contributed by atoms with Crippen molar-refractivity contribution in [3.8, 4) is 5.75 Å². The highest BCUT2D eigenvalue weighted by Crippen LogP contribution is 2.24. The third-order valence-electron chi connectivity index (χ3n) is 2.16. The maximum absolute atomic E-state index is 13.6. The van der Waals surface area contributed by atoms with Crippen LogP contribution in [0.15, 0.2) is 29.9 Å². The third kappa shape index (κ3) is 4.91. The molecule has 0 saturated carbocycles. The first kappa shape index (κ1) is 14.9. The monoisotopic (exact) mass is 268 g/mol. The van der Waals surface area contributed by atoms with Crippen LogP contribution in [0.4, 0.5) is 8.78 Å². The Morgan fingerprint density at radius 1 is 1.32 bits per heavy atom. The smallest absolute Gasteiger partial charge is 0.328 e. The van der Waals surface area contributed by atoms with Crippen LogP contribution in [-0.4, -0.2) is 17.7 Å². The fraction of sp³-hybridized carbons (Fsp3) is 0.214. The molecule has 0 aliphatic heterocycles. The molecule has 0 amide bonds. The minimum Gasteiger partial charge on any atom is -0.483 e. The van der Waals surface area contributed by atoms with Gasteiger partial charge in [-0.05, 0) is 43.7 Å². The van der Waals surface area contributed by atoms with Crippen molar-refractivity contribution in [2.75, 3.05) is 6.61 Å². The standard InChI is InChI=1S/C14H14F2O3/c1-9(2)5-6-19-14-11(15)7-10(8-12(14)16)3-4-13(17)18/h3-5,7-8H,6H2,1-2H3,(H,17,18). The molecule has 0 fully saturated rings. The first-order chi connectivity index (χ1) is 8.90. The van der Waals surface area contributed by atoms with Crippen molar-refractivity contribution in [3.63, 3.8) is 0 Å². The Kier molecular flexibility index (Phi) is 5.23. The molecule has 0 saturated heterocycles. The van der Waals surface area contributed by atoms with Crippen LogP contribution in [0, 0.1) is 11.6 Å². The topological polar surface area (TPSA) is 46.5 Å². The van der Waals surface area contributed by atoms with Crippen LogP contribution in [0.1, 0.15) is 19.4 Å². The van der Waals surface area contributed by atoms with Gasteiger partial charge in [0, 0.05) is 6.08 Å². The number of halogens is 2. The molecule has 0 bridgehead atoms. The maximum Gasteiger partial charge on any atom is 0.328 e. The fourth-order valence-corrected chi connectivity index (χ4v) is 1.27. The van der Waals surface area contributed by atoms with Gasteiger partial charge in [-0.3, -0.25) is 0 Å². The highest BCUT2D eigenvalue weighted by atomic mass is 19.1. The number of ether oxygens (including phenoxy) is 1. The van der Waals surface area contributed by atoms with Gasteiger partial charge < -0.3 is 9.84 Å². The van der Waals surface area contributed by atoms with E-state index in [0.29, 0.717) is 0 Å². The summed E-state index contributed by atoms with van der Waals surface area (Å²) in [5, 5.41) is 8.43. The van der Waals surface area contributed by atoms with E-state index in [1.165, 1.54) is 0 Å². The Bertz CT molecular complexity index is 506. The first-order valence-electron chi connectivity index (χ1n) is 5.56. The summed E-state index contributed by atoms with van der Waals surface area (Å²) in [6, 6.07) is 2.03. The van der Waals surface area contributed by atoms with Crippen molar-refractivity contribution in [1.29, 1.82) is 0 Å². The highest BCUT2D eigenvalue weighted by molar-refractivity contribution is 5.85. The van der Waals surface area contributed by atoms with E-state index < -0.39 is 23.4 Å². The van der Waals surface area contributed by atoms with E-state index in [1.54, 1.807) is 6.08 Å². The Morgan fingerprint density at radius 2 is 1.89 bits per heavy atom. The molecule has 1 aromatic carbocycles. The average molecular weight is 268 g/mol. The zero-order valence-electron chi connectivity index (χ0n) is 10.6. The van der Waals surface area contributed by atoms with Crippen molar-refractivity contribution < 1.29 is 23.4 Å². The van der Waals surface area contributed by atoms with Crippen LogP contribution in [0.5, 0.6) is 5.75 Å². The molecule has 102 valence electrons. The number of carboxylic acid groups (broad SMARTS) is 1. The molecule has 0 radical (unpaired) electrons. The Balaban J connectivity index is 2.91. The van der Waals surface area contributed by atoms with E-state index in [-0.39, 0.29) is 12.2 Å². The van der Waals surface area contributed by atoms with Gasteiger partial charge >= 0.3 is 5.97 Å². The Labute approximate surface area is 109 Å². The van der Waals surface area contributed by atoms with Gasteiger partial charge in [0.15, 0.2) is 17.4 Å². The minimum absolute atomic E-state index is 0.0699. The molecule has 1 N–H and O–H groups in total. The van der Waals surface area contributed by atoms with Gasteiger partial charge in [-0.25, -0.2) is 13.6 Å². The quantitative estimate of drug-likeness (QED) is 0.657. The number of allylic oxidation sites excluding steroid dienone is 1. The molecular weight excluding hydrogens is 254 g/mol. The second kappa shape index (κ2) is 6.68. The summed E-state index contributed by atoms with van der Waals surface area (Å²) in [5.41, 5.74) is 1.09. The van der Waals surface area contributed by atoms with Crippen LogP contribution >= 0.6 is 0 Å². The molecule has 0 atom stereocenters. The fourth-order valence-electron chi connectivity index (χ4n) is 1.27. The van der Waals surface area contributed by atoms with Gasteiger partial charge in [-0.1, -0.05) is 5.57 Å². The number of carbonyl (C=O) groups is 1. The molecule has 0 aliphatic carbocycles. The summed E-state index contributed by atoms with van der Waals surface area (Å²) in [6.45, 7) is 3.76. The number of rotatable bonds is 5. The zero-order chi connectivity index (χ0) is 14.4. The second-order valence-corrected chi connectivity index (χ2v) is 4.08. The molecule has 0 spiro atoms. The molecule has 0 unspecified atom stereocenters. The molecule has 0 aromatic heterocycles. The van der Waals surface area contributed by atoms with E-state index in [2.05, 4.69) is 0 Å². The molecule has 1 rings (SSSR count).